The predicted octanol–water partition coefficient (Wildman–Crippen LogP) is 12.7. The number of carboxylic acid groups (broad SMARTS) is 1. The Bertz CT molecular complexity index is 1270. The van der Waals surface area contributed by atoms with Crippen LogP contribution in [-0.4, -0.2) is 71.1 Å². The Morgan fingerprint density at radius 2 is 1.03 bits per heavy atom. The molecule has 0 aliphatic carbocycles. The minimum Gasteiger partial charge on any atom is -0.480 e. The summed E-state index contributed by atoms with van der Waals surface area (Å²) in [4.78, 5) is 46.1. The van der Waals surface area contributed by atoms with Gasteiger partial charge in [0, 0.05) is 12.8 Å². The van der Waals surface area contributed by atoms with Gasteiger partial charge in [-0.15, -0.1) is 0 Å². The summed E-state index contributed by atoms with van der Waals surface area (Å²) < 4.78 is 32.6. The third-order valence-corrected chi connectivity index (χ3v) is 11.6. The van der Waals surface area contributed by atoms with E-state index in [1.54, 1.807) is 12.2 Å². The van der Waals surface area contributed by atoms with Gasteiger partial charge in [0.15, 0.2) is 6.10 Å². The van der Waals surface area contributed by atoms with Crippen molar-refractivity contribution in [2.24, 2.45) is 5.73 Å². The number of hydrogen-bond acceptors (Lipinski definition) is 10. The predicted molar refractivity (Wildman–Crippen MR) is 255 cm³/mol. The number of phosphoric ester groups is 1. The number of allylic oxidation sites excluding steroid dienone is 7. The van der Waals surface area contributed by atoms with Crippen LogP contribution in [0.5, 0.6) is 0 Å². The SMILES string of the molecule is CCCCC/C=C\C/C=C\C/C=C\C=C\[C@H](O)CCCC(=O)O[C@H](COC(=O)CCCCCCCCCCCCCCCCCCCCCCC)COP(=O)(O)OC[C@H](N)C(=O)O. The number of aliphatic hydroxyl groups excluding tert-OH is 1. The zero-order chi connectivity index (χ0) is 46.5. The molecule has 0 aromatic rings. The smallest absolute Gasteiger partial charge is 0.472 e. The van der Waals surface area contributed by atoms with Gasteiger partial charge in [-0.25, -0.2) is 4.57 Å². The summed E-state index contributed by atoms with van der Waals surface area (Å²) >= 11 is 0. The molecule has 0 rings (SSSR count). The number of aliphatic hydroxyl groups is 1. The highest BCUT2D eigenvalue weighted by Gasteiger charge is 2.28. The van der Waals surface area contributed by atoms with E-state index in [9.17, 15) is 28.9 Å². The fourth-order valence-electron chi connectivity index (χ4n) is 6.76. The summed E-state index contributed by atoms with van der Waals surface area (Å²) in [6.07, 6.45) is 47.8. The molecule has 0 saturated carbocycles. The van der Waals surface area contributed by atoms with Gasteiger partial charge in [0.05, 0.1) is 19.3 Å². The third kappa shape index (κ3) is 44.4. The number of rotatable bonds is 46. The van der Waals surface area contributed by atoms with Gasteiger partial charge in [0.25, 0.3) is 0 Å². The average molecular weight is 912 g/mol. The van der Waals surface area contributed by atoms with Gasteiger partial charge in [-0.3, -0.25) is 23.4 Å². The lowest BCUT2D eigenvalue weighted by Gasteiger charge is -2.20. The number of phosphoric acid groups is 1. The summed E-state index contributed by atoms with van der Waals surface area (Å²) in [5.41, 5.74) is 5.33. The van der Waals surface area contributed by atoms with Crippen molar-refractivity contribution >= 4 is 25.7 Å². The van der Waals surface area contributed by atoms with E-state index in [0.717, 1.165) is 38.5 Å². The van der Waals surface area contributed by atoms with Crippen molar-refractivity contribution in [1.82, 2.24) is 0 Å². The molecule has 0 aliphatic rings. The molecular weight excluding hydrogens is 822 g/mol. The summed E-state index contributed by atoms with van der Waals surface area (Å²) in [5.74, 6) is -2.60. The molecular formula is C50H90NO11P. The van der Waals surface area contributed by atoms with E-state index in [2.05, 4.69) is 42.7 Å². The molecule has 0 bridgehead atoms. The van der Waals surface area contributed by atoms with E-state index in [1.165, 1.54) is 128 Å². The van der Waals surface area contributed by atoms with Gasteiger partial charge >= 0.3 is 25.7 Å². The Kier molecular flexibility index (Phi) is 42.8. The normalized spacial score (nSPS) is 14.5. The van der Waals surface area contributed by atoms with Crippen molar-refractivity contribution < 1.29 is 52.6 Å². The lowest BCUT2D eigenvalue weighted by Crippen LogP contribution is -2.34. The second kappa shape index (κ2) is 44.6. The van der Waals surface area contributed by atoms with Crippen molar-refractivity contribution in [2.45, 2.75) is 231 Å². The van der Waals surface area contributed by atoms with Crippen LogP contribution in [0.1, 0.15) is 213 Å². The fourth-order valence-corrected chi connectivity index (χ4v) is 7.54. The molecule has 4 atom stereocenters. The number of unbranched alkanes of at least 4 members (excludes halogenated alkanes) is 23. The lowest BCUT2D eigenvalue weighted by atomic mass is 10.0. The minimum atomic E-state index is -4.77. The van der Waals surface area contributed by atoms with Crippen LogP contribution >= 0.6 is 7.82 Å². The number of carbonyl (C=O) groups is 3. The molecule has 0 aliphatic heterocycles. The molecule has 0 aromatic carbocycles. The third-order valence-electron chi connectivity index (χ3n) is 10.7. The summed E-state index contributed by atoms with van der Waals surface area (Å²) in [6, 6.07) is -1.55. The summed E-state index contributed by atoms with van der Waals surface area (Å²) in [5, 5.41) is 19.2. The Hall–Kier alpha value is -2.60. The molecule has 0 heterocycles. The molecule has 0 radical (unpaired) electrons. The van der Waals surface area contributed by atoms with Crippen LogP contribution in [0.3, 0.4) is 0 Å². The molecule has 12 nitrogen and oxygen atoms in total. The minimum absolute atomic E-state index is 0.0662. The highest BCUT2D eigenvalue weighted by atomic mass is 31.2. The molecule has 0 fully saturated rings. The Balaban J connectivity index is 4.40. The second-order valence-electron chi connectivity index (χ2n) is 16.8. The van der Waals surface area contributed by atoms with Gasteiger partial charge in [-0.2, -0.15) is 0 Å². The van der Waals surface area contributed by atoms with Crippen LogP contribution < -0.4 is 5.73 Å². The number of ether oxygens (including phenoxy) is 2. The number of carbonyl (C=O) groups excluding carboxylic acids is 2. The topological polar surface area (TPSA) is 192 Å². The summed E-state index contributed by atoms with van der Waals surface area (Å²) in [6.45, 7) is 2.61. The molecule has 0 amide bonds. The highest BCUT2D eigenvalue weighted by Crippen LogP contribution is 2.43. The zero-order valence-corrected chi connectivity index (χ0v) is 40.4. The molecule has 0 saturated heterocycles. The number of hydrogen-bond donors (Lipinski definition) is 4. The number of nitrogens with two attached hydrogens (primary N) is 1. The standard InChI is InChI=1S/C50H90NO11P/c1-3-5-7-9-11-13-15-17-18-19-20-21-22-23-24-26-28-30-32-34-36-40-48(53)59-42-46(43-60-63(57,58)61-44-47(51)50(55)56)62-49(54)41-37-39-45(52)38-35-33-31-29-27-25-16-14-12-10-8-6-4-2/h12,14,25,27,31,33,35,38,45-47,52H,3-11,13,15-24,26,28-30,32,34,36-37,39-44,51H2,1-2H3,(H,55,56)(H,57,58)/b14-12-,27-25-,33-31-,38-35+/t45-,46+,47-/m0/s1. The quantitative estimate of drug-likeness (QED) is 0.0149. The Morgan fingerprint density at radius 3 is 1.57 bits per heavy atom. The molecule has 366 valence electrons. The number of aliphatic carboxylic acids is 1. The van der Waals surface area contributed by atoms with E-state index in [-0.39, 0.29) is 12.8 Å². The molecule has 1 unspecified atom stereocenters. The van der Waals surface area contributed by atoms with Crippen molar-refractivity contribution in [3.63, 3.8) is 0 Å². The first-order valence-corrected chi connectivity index (χ1v) is 26.3. The van der Waals surface area contributed by atoms with Crippen LogP contribution in [0.4, 0.5) is 0 Å². The maximum atomic E-state index is 12.7. The zero-order valence-electron chi connectivity index (χ0n) is 39.5. The summed E-state index contributed by atoms with van der Waals surface area (Å²) in [7, 11) is -4.77. The Morgan fingerprint density at radius 1 is 0.571 bits per heavy atom. The van der Waals surface area contributed by atoms with Gasteiger partial charge in [-0.1, -0.05) is 204 Å². The Labute approximate surface area is 382 Å². The van der Waals surface area contributed by atoms with Crippen LogP contribution in [0, 0.1) is 0 Å². The van der Waals surface area contributed by atoms with Crippen LogP contribution in [-0.2, 0) is 37.5 Å². The van der Waals surface area contributed by atoms with Crippen molar-refractivity contribution in [3.05, 3.63) is 48.6 Å². The molecule has 63 heavy (non-hydrogen) atoms. The molecule has 13 heteroatoms. The lowest BCUT2D eigenvalue weighted by molar-refractivity contribution is -0.161. The van der Waals surface area contributed by atoms with E-state index < -0.39 is 63.8 Å². The molecule has 0 spiro atoms. The van der Waals surface area contributed by atoms with Gasteiger partial charge in [0.1, 0.15) is 12.6 Å². The van der Waals surface area contributed by atoms with Crippen molar-refractivity contribution in [2.75, 3.05) is 19.8 Å². The van der Waals surface area contributed by atoms with E-state index >= 15 is 0 Å². The number of esters is 2. The first-order valence-electron chi connectivity index (χ1n) is 24.8. The molecule has 5 N–H and O–H groups in total. The first kappa shape index (κ1) is 60.4. The van der Waals surface area contributed by atoms with E-state index in [0.29, 0.717) is 19.3 Å². The van der Waals surface area contributed by atoms with Crippen LogP contribution in [0.25, 0.3) is 0 Å². The van der Waals surface area contributed by atoms with Gasteiger partial charge in [0.2, 0.25) is 0 Å². The van der Waals surface area contributed by atoms with E-state index in [1.807, 2.05) is 12.2 Å². The second-order valence-corrected chi connectivity index (χ2v) is 18.3. The van der Waals surface area contributed by atoms with Gasteiger partial charge in [-0.05, 0) is 44.9 Å². The van der Waals surface area contributed by atoms with Gasteiger partial charge < -0.3 is 30.3 Å². The fraction of sp³-hybridized carbons (Fsp3) is 0.780. The average Bonchev–Trinajstić information content (AvgIpc) is 3.25. The molecule has 0 aromatic heterocycles. The van der Waals surface area contributed by atoms with Crippen molar-refractivity contribution in [1.29, 1.82) is 0 Å². The monoisotopic (exact) mass is 912 g/mol. The largest absolute Gasteiger partial charge is 0.480 e. The van der Waals surface area contributed by atoms with E-state index in [4.69, 9.17) is 24.8 Å². The maximum Gasteiger partial charge on any atom is 0.472 e. The number of carboxylic acids is 1. The maximum absolute atomic E-state index is 12.7. The van der Waals surface area contributed by atoms with Crippen LogP contribution in [0.15, 0.2) is 48.6 Å². The first-order chi connectivity index (χ1) is 30.5. The van der Waals surface area contributed by atoms with Crippen LogP contribution in [0.2, 0.25) is 0 Å². The highest BCUT2D eigenvalue weighted by molar-refractivity contribution is 7.47. The van der Waals surface area contributed by atoms with Crippen molar-refractivity contribution in [3.8, 4) is 0 Å².